The van der Waals surface area contributed by atoms with Gasteiger partial charge in [0, 0.05) is 52.0 Å². The Bertz CT molecular complexity index is 656. The Hall–Kier alpha value is -1.34. The topological polar surface area (TPSA) is 58.1 Å². The molecule has 2 N–H and O–H groups in total. The largest absolute Gasteiger partial charge is 0.385 e. The van der Waals surface area contributed by atoms with Gasteiger partial charge in [0.2, 0.25) is 0 Å². The number of nitrogens with one attached hydrogen (secondary N) is 2. The van der Waals surface area contributed by atoms with E-state index in [2.05, 4.69) is 32.7 Å². The zero-order chi connectivity index (χ0) is 21.2. The van der Waals surface area contributed by atoms with Crippen LogP contribution >= 0.6 is 11.6 Å². The third-order valence-corrected chi connectivity index (χ3v) is 6.81. The maximum absolute atomic E-state index is 6.12. The summed E-state index contributed by atoms with van der Waals surface area (Å²) in [4.78, 5) is 6.96. The number of methoxy groups -OCH3 is 1. The average molecular weight is 437 g/mol. The van der Waals surface area contributed by atoms with E-state index >= 15 is 0 Å². The summed E-state index contributed by atoms with van der Waals surface area (Å²) in [5.74, 6) is 0.867. The van der Waals surface area contributed by atoms with Crippen molar-refractivity contribution in [1.82, 2.24) is 15.5 Å². The first kappa shape index (κ1) is 23.3. The molecule has 6 nitrogen and oxygen atoms in total. The van der Waals surface area contributed by atoms with Gasteiger partial charge in [-0.1, -0.05) is 36.6 Å². The van der Waals surface area contributed by atoms with Crippen molar-refractivity contribution in [2.24, 2.45) is 10.4 Å². The van der Waals surface area contributed by atoms with Gasteiger partial charge < -0.3 is 20.1 Å². The fourth-order valence-corrected chi connectivity index (χ4v) is 4.80. The Morgan fingerprint density at radius 1 is 1.20 bits per heavy atom. The van der Waals surface area contributed by atoms with E-state index in [1.54, 1.807) is 7.11 Å². The fourth-order valence-electron chi connectivity index (χ4n) is 4.68. The molecule has 1 saturated heterocycles. The van der Waals surface area contributed by atoms with Gasteiger partial charge in [0.05, 0.1) is 19.3 Å². The zero-order valence-corrected chi connectivity index (χ0v) is 19.2. The van der Waals surface area contributed by atoms with Crippen LogP contribution in [0.2, 0.25) is 5.02 Å². The smallest absolute Gasteiger partial charge is 0.191 e. The van der Waals surface area contributed by atoms with E-state index in [0.29, 0.717) is 5.41 Å². The Morgan fingerprint density at radius 2 is 1.90 bits per heavy atom. The molecule has 1 aromatic carbocycles. The summed E-state index contributed by atoms with van der Waals surface area (Å²) in [6.07, 6.45) is 6.26. The fraction of sp³-hybridized carbons (Fsp3) is 0.696. The maximum Gasteiger partial charge on any atom is 0.191 e. The lowest BCUT2D eigenvalue weighted by Gasteiger charge is -2.35. The Balaban J connectivity index is 1.60. The number of benzene rings is 1. The summed E-state index contributed by atoms with van der Waals surface area (Å²) in [6.45, 7) is 5.97. The second-order valence-electron chi connectivity index (χ2n) is 8.47. The molecule has 0 amide bonds. The SMILES string of the molecule is CN=C(NCC(c1ccc(Cl)cc1)N1CCOCC1)NCC1(CCOC)CCCC1. The summed E-state index contributed by atoms with van der Waals surface area (Å²) in [5, 5.41) is 7.93. The molecule has 1 saturated carbocycles. The van der Waals surface area contributed by atoms with E-state index in [0.717, 1.165) is 63.4 Å². The molecular formula is C23H37ClN4O2. The molecule has 2 aliphatic rings. The normalized spacial score (nSPS) is 20.8. The molecule has 2 fully saturated rings. The number of morpholine rings is 1. The Morgan fingerprint density at radius 3 is 2.53 bits per heavy atom. The number of nitrogens with zero attached hydrogens (tertiary/aromatic N) is 2. The lowest BCUT2D eigenvalue weighted by molar-refractivity contribution is 0.0170. The van der Waals surface area contributed by atoms with Crippen molar-refractivity contribution < 1.29 is 9.47 Å². The third kappa shape index (κ3) is 6.58. The molecule has 1 aliphatic carbocycles. The van der Waals surface area contributed by atoms with Crippen LogP contribution in [0.15, 0.2) is 29.3 Å². The van der Waals surface area contributed by atoms with Crippen molar-refractivity contribution in [1.29, 1.82) is 0 Å². The van der Waals surface area contributed by atoms with Gasteiger partial charge in [0.1, 0.15) is 0 Å². The monoisotopic (exact) mass is 436 g/mol. The molecular weight excluding hydrogens is 400 g/mol. The van der Waals surface area contributed by atoms with E-state index in [4.69, 9.17) is 21.1 Å². The first-order valence-corrected chi connectivity index (χ1v) is 11.5. The van der Waals surface area contributed by atoms with Crippen LogP contribution in [0.5, 0.6) is 0 Å². The number of aliphatic imine (C=N–C) groups is 1. The zero-order valence-electron chi connectivity index (χ0n) is 18.5. The van der Waals surface area contributed by atoms with Crippen LogP contribution in [-0.4, -0.2) is 71.0 Å². The average Bonchev–Trinajstić information content (AvgIpc) is 3.25. The molecule has 0 spiro atoms. The number of rotatable bonds is 9. The molecule has 168 valence electrons. The van der Waals surface area contributed by atoms with Crippen LogP contribution in [0.1, 0.15) is 43.7 Å². The molecule has 0 aromatic heterocycles. The Kier molecular flexibility index (Phi) is 9.25. The van der Waals surface area contributed by atoms with Gasteiger partial charge in [-0.15, -0.1) is 0 Å². The van der Waals surface area contributed by atoms with Crippen LogP contribution in [0.4, 0.5) is 0 Å². The van der Waals surface area contributed by atoms with Crippen molar-refractivity contribution in [2.75, 3.05) is 60.2 Å². The van der Waals surface area contributed by atoms with Crippen molar-refractivity contribution in [2.45, 2.75) is 38.1 Å². The molecule has 30 heavy (non-hydrogen) atoms. The minimum absolute atomic E-state index is 0.249. The predicted molar refractivity (Wildman–Crippen MR) is 123 cm³/mol. The van der Waals surface area contributed by atoms with Gasteiger partial charge in [-0.3, -0.25) is 9.89 Å². The van der Waals surface area contributed by atoms with Crippen molar-refractivity contribution in [3.63, 3.8) is 0 Å². The number of hydrogen-bond donors (Lipinski definition) is 2. The van der Waals surface area contributed by atoms with E-state index in [9.17, 15) is 0 Å². The van der Waals surface area contributed by atoms with Crippen LogP contribution in [-0.2, 0) is 9.47 Å². The van der Waals surface area contributed by atoms with E-state index in [-0.39, 0.29) is 6.04 Å². The Labute approximate surface area is 186 Å². The van der Waals surface area contributed by atoms with Crippen molar-refractivity contribution in [3.8, 4) is 0 Å². The summed E-state index contributed by atoms with van der Waals surface area (Å²) in [7, 11) is 3.64. The van der Waals surface area contributed by atoms with Gasteiger partial charge in [0.15, 0.2) is 5.96 Å². The van der Waals surface area contributed by atoms with Crippen LogP contribution in [0, 0.1) is 5.41 Å². The van der Waals surface area contributed by atoms with Gasteiger partial charge in [-0.25, -0.2) is 0 Å². The summed E-state index contributed by atoms with van der Waals surface area (Å²) < 4.78 is 10.9. The standard InChI is InChI=1S/C23H37ClN4O2/c1-25-22(27-18-23(11-14-29-2)9-3-4-10-23)26-17-21(28-12-15-30-16-13-28)19-5-7-20(24)8-6-19/h5-8,21H,3-4,9-18H2,1-2H3,(H2,25,26,27). The molecule has 0 bridgehead atoms. The van der Waals surface area contributed by atoms with E-state index in [1.807, 2.05) is 19.2 Å². The summed E-state index contributed by atoms with van der Waals surface area (Å²) >= 11 is 6.12. The molecule has 1 heterocycles. The third-order valence-electron chi connectivity index (χ3n) is 6.56. The first-order chi connectivity index (χ1) is 14.7. The van der Waals surface area contributed by atoms with Crippen molar-refractivity contribution >= 4 is 17.6 Å². The minimum Gasteiger partial charge on any atom is -0.385 e. The number of halogens is 1. The highest BCUT2D eigenvalue weighted by Crippen LogP contribution is 2.40. The van der Waals surface area contributed by atoms with Crippen LogP contribution in [0.3, 0.4) is 0 Å². The number of ether oxygens (including phenoxy) is 2. The molecule has 1 aliphatic heterocycles. The molecule has 1 aromatic rings. The van der Waals surface area contributed by atoms with Gasteiger partial charge >= 0.3 is 0 Å². The van der Waals surface area contributed by atoms with E-state index in [1.165, 1.54) is 31.2 Å². The highest BCUT2D eigenvalue weighted by molar-refractivity contribution is 6.30. The molecule has 1 unspecified atom stereocenters. The second kappa shape index (κ2) is 11.9. The molecule has 7 heteroatoms. The van der Waals surface area contributed by atoms with Crippen molar-refractivity contribution in [3.05, 3.63) is 34.9 Å². The summed E-state index contributed by atoms with van der Waals surface area (Å²) in [5.41, 5.74) is 1.59. The van der Waals surface area contributed by atoms with Crippen LogP contribution < -0.4 is 10.6 Å². The number of guanidine groups is 1. The van der Waals surface area contributed by atoms with Gasteiger partial charge in [-0.2, -0.15) is 0 Å². The van der Waals surface area contributed by atoms with E-state index < -0.39 is 0 Å². The maximum atomic E-state index is 6.12. The second-order valence-corrected chi connectivity index (χ2v) is 8.91. The summed E-state index contributed by atoms with van der Waals surface area (Å²) in [6, 6.07) is 8.43. The highest BCUT2D eigenvalue weighted by atomic mass is 35.5. The quantitative estimate of drug-likeness (QED) is 0.458. The molecule has 1 atom stereocenters. The lowest BCUT2D eigenvalue weighted by Crippen LogP contribution is -2.48. The van der Waals surface area contributed by atoms with Gasteiger partial charge in [-0.05, 0) is 42.4 Å². The molecule has 0 radical (unpaired) electrons. The number of hydrogen-bond acceptors (Lipinski definition) is 4. The lowest BCUT2D eigenvalue weighted by atomic mass is 9.83. The minimum atomic E-state index is 0.249. The predicted octanol–water partition coefficient (Wildman–Crippen LogP) is 3.48. The first-order valence-electron chi connectivity index (χ1n) is 11.2. The van der Waals surface area contributed by atoms with Crippen LogP contribution in [0.25, 0.3) is 0 Å². The highest BCUT2D eigenvalue weighted by Gasteiger charge is 2.33. The molecule has 3 rings (SSSR count). The van der Waals surface area contributed by atoms with Gasteiger partial charge in [0.25, 0.3) is 0 Å².